The van der Waals surface area contributed by atoms with Crippen molar-refractivity contribution < 1.29 is 22.2 Å². The summed E-state index contributed by atoms with van der Waals surface area (Å²) in [5.41, 5.74) is 1.06. The molecule has 0 bridgehead atoms. The molecule has 0 aliphatic carbocycles. The number of alkyl halides is 3. The molecule has 1 N–H and O–H groups in total. The van der Waals surface area contributed by atoms with Crippen molar-refractivity contribution in [1.29, 1.82) is 0 Å². The number of rotatable bonds is 6. The molecule has 0 saturated carbocycles. The maximum absolute atomic E-state index is 12.7. The van der Waals surface area contributed by atoms with Gasteiger partial charge in [-0.25, -0.2) is 9.67 Å². The fraction of sp³-hybridized carbons (Fsp3) is 0.471. The second-order valence-electron chi connectivity index (χ2n) is 6.25. The number of hydrogen-bond donors (Lipinski definition) is 1. The van der Waals surface area contributed by atoms with Gasteiger partial charge in [0, 0.05) is 46.3 Å². The van der Waals surface area contributed by atoms with E-state index in [1.165, 1.54) is 10.7 Å². The van der Waals surface area contributed by atoms with Crippen molar-refractivity contribution in [2.75, 3.05) is 12.8 Å². The normalized spacial score (nSPS) is 14.0. The first-order valence-corrected chi connectivity index (χ1v) is 9.80. The van der Waals surface area contributed by atoms with Gasteiger partial charge in [-0.15, -0.1) is 0 Å². The molecule has 0 saturated heterocycles. The number of hydrogen-bond acceptors (Lipinski definition) is 4. The molecule has 0 aromatic carbocycles. The van der Waals surface area contributed by atoms with Gasteiger partial charge in [-0.2, -0.15) is 18.3 Å². The third-order valence-corrected chi connectivity index (χ3v) is 5.52. The SMILES string of the molecule is Cc1nn(-c2ccc(C(F)(F)F)cn2)c(C)c1CC(=O)NC[C@H](C)[S@@](C)=O. The van der Waals surface area contributed by atoms with Gasteiger partial charge in [-0.05, 0) is 32.9 Å². The number of carbonyl (C=O) groups is 1. The Morgan fingerprint density at radius 3 is 2.52 bits per heavy atom. The van der Waals surface area contributed by atoms with Crippen molar-refractivity contribution in [1.82, 2.24) is 20.1 Å². The van der Waals surface area contributed by atoms with Gasteiger partial charge in [0.2, 0.25) is 5.91 Å². The van der Waals surface area contributed by atoms with Crippen molar-refractivity contribution in [3.63, 3.8) is 0 Å². The lowest BCUT2D eigenvalue weighted by atomic mass is 10.1. The van der Waals surface area contributed by atoms with E-state index < -0.39 is 22.5 Å². The van der Waals surface area contributed by atoms with Crippen molar-refractivity contribution >= 4 is 16.7 Å². The Balaban J connectivity index is 2.16. The smallest absolute Gasteiger partial charge is 0.355 e. The molecule has 0 fully saturated rings. The standard InChI is InChI=1S/C17H21F3N4O2S/c1-10(27(4)26)8-22-16(25)7-14-11(2)23-24(12(14)3)15-6-5-13(9-21-15)17(18,19)20/h5-6,9-10H,7-8H2,1-4H3,(H,22,25)/t10-,27+/m0/s1. The Morgan fingerprint density at radius 2 is 2.00 bits per heavy atom. The molecule has 0 radical (unpaired) electrons. The van der Waals surface area contributed by atoms with E-state index in [1.807, 2.05) is 0 Å². The molecule has 6 nitrogen and oxygen atoms in total. The molecular weight excluding hydrogens is 381 g/mol. The third-order valence-electron chi connectivity index (χ3n) is 4.22. The lowest BCUT2D eigenvalue weighted by molar-refractivity contribution is -0.137. The lowest BCUT2D eigenvalue weighted by Gasteiger charge is -2.10. The van der Waals surface area contributed by atoms with Crippen molar-refractivity contribution in [3.05, 3.63) is 40.8 Å². The van der Waals surface area contributed by atoms with Gasteiger partial charge in [0.15, 0.2) is 5.82 Å². The van der Waals surface area contributed by atoms with Gasteiger partial charge < -0.3 is 5.32 Å². The van der Waals surface area contributed by atoms with Crippen LogP contribution in [0.3, 0.4) is 0 Å². The average Bonchev–Trinajstić information content (AvgIpc) is 2.87. The van der Waals surface area contributed by atoms with Gasteiger partial charge in [0.05, 0.1) is 17.7 Å². The van der Waals surface area contributed by atoms with Crippen LogP contribution in [0.25, 0.3) is 5.82 Å². The van der Waals surface area contributed by atoms with Crippen molar-refractivity contribution in [3.8, 4) is 5.82 Å². The van der Waals surface area contributed by atoms with Crippen molar-refractivity contribution in [2.45, 2.75) is 38.6 Å². The highest BCUT2D eigenvalue weighted by molar-refractivity contribution is 7.84. The number of halogens is 3. The lowest BCUT2D eigenvalue weighted by Crippen LogP contribution is -2.33. The van der Waals surface area contributed by atoms with Crippen LogP contribution in [0.1, 0.15) is 29.4 Å². The molecule has 2 atom stereocenters. The second kappa shape index (κ2) is 8.20. The summed E-state index contributed by atoms with van der Waals surface area (Å²) in [6.45, 7) is 5.53. The first-order chi connectivity index (χ1) is 12.5. The minimum atomic E-state index is -4.46. The Kier molecular flexibility index (Phi) is 6.40. The second-order valence-corrected chi connectivity index (χ2v) is 8.06. The summed E-state index contributed by atoms with van der Waals surface area (Å²) < 4.78 is 50.8. The molecule has 148 valence electrons. The van der Waals surface area contributed by atoms with Crippen LogP contribution in [0.5, 0.6) is 0 Å². The Labute approximate surface area is 157 Å². The zero-order valence-corrected chi connectivity index (χ0v) is 16.2. The van der Waals surface area contributed by atoms with E-state index in [0.29, 0.717) is 23.5 Å². The number of aromatic nitrogens is 3. The fourth-order valence-corrected chi connectivity index (χ4v) is 2.75. The number of carbonyl (C=O) groups excluding carboxylic acids is 1. The number of aryl methyl sites for hydroxylation is 1. The molecular formula is C17H21F3N4O2S. The first kappa shape index (κ1) is 21.1. The van der Waals surface area contributed by atoms with Crippen LogP contribution in [0.4, 0.5) is 13.2 Å². The number of nitrogens with one attached hydrogen (secondary N) is 1. The van der Waals surface area contributed by atoms with Gasteiger partial charge in [0.1, 0.15) is 0 Å². The van der Waals surface area contributed by atoms with Gasteiger partial charge in [-0.1, -0.05) is 0 Å². The fourth-order valence-electron chi connectivity index (χ4n) is 2.43. The van der Waals surface area contributed by atoms with Crippen LogP contribution in [-0.2, 0) is 28.2 Å². The summed E-state index contributed by atoms with van der Waals surface area (Å²) in [5, 5.41) is 6.87. The first-order valence-electron chi connectivity index (χ1n) is 8.18. The topological polar surface area (TPSA) is 76.9 Å². The zero-order valence-electron chi connectivity index (χ0n) is 15.4. The van der Waals surface area contributed by atoms with Crippen LogP contribution in [0, 0.1) is 13.8 Å². The van der Waals surface area contributed by atoms with Crippen molar-refractivity contribution in [2.24, 2.45) is 0 Å². The molecule has 1 amide bonds. The van der Waals surface area contributed by atoms with E-state index in [-0.39, 0.29) is 23.4 Å². The third kappa shape index (κ3) is 5.15. The van der Waals surface area contributed by atoms with Gasteiger partial charge >= 0.3 is 6.18 Å². The predicted molar refractivity (Wildman–Crippen MR) is 96.1 cm³/mol. The summed E-state index contributed by atoms with van der Waals surface area (Å²) in [5.74, 6) is 0.00342. The quantitative estimate of drug-likeness (QED) is 0.805. The highest BCUT2D eigenvalue weighted by atomic mass is 32.2. The summed E-state index contributed by atoms with van der Waals surface area (Å²) in [7, 11) is -1.03. The minimum Gasteiger partial charge on any atom is -0.355 e. The molecule has 0 aliphatic heterocycles. The van der Waals surface area contributed by atoms with E-state index in [2.05, 4.69) is 15.4 Å². The van der Waals surface area contributed by atoms with Gasteiger partial charge in [0.25, 0.3) is 0 Å². The molecule has 0 spiro atoms. The van der Waals surface area contributed by atoms with E-state index in [1.54, 1.807) is 27.0 Å². The molecule has 0 unspecified atom stereocenters. The van der Waals surface area contributed by atoms with Crippen LogP contribution in [-0.4, -0.2) is 42.9 Å². The van der Waals surface area contributed by atoms with Gasteiger partial charge in [-0.3, -0.25) is 9.00 Å². The monoisotopic (exact) mass is 402 g/mol. The van der Waals surface area contributed by atoms with Crippen LogP contribution >= 0.6 is 0 Å². The van der Waals surface area contributed by atoms with Crippen LogP contribution < -0.4 is 5.32 Å². The number of nitrogens with zero attached hydrogens (tertiary/aromatic N) is 3. The molecule has 2 aromatic heterocycles. The Bertz CT molecular complexity index is 847. The number of pyridine rings is 1. The molecule has 2 heterocycles. The Hall–Kier alpha value is -2.23. The maximum atomic E-state index is 12.7. The molecule has 2 rings (SSSR count). The van der Waals surface area contributed by atoms with Crippen LogP contribution in [0.15, 0.2) is 18.3 Å². The highest BCUT2D eigenvalue weighted by Gasteiger charge is 2.30. The molecule has 2 aromatic rings. The minimum absolute atomic E-state index is 0.0708. The molecule has 0 aliphatic rings. The molecule has 27 heavy (non-hydrogen) atoms. The largest absolute Gasteiger partial charge is 0.417 e. The van der Waals surface area contributed by atoms with E-state index >= 15 is 0 Å². The number of amides is 1. The maximum Gasteiger partial charge on any atom is 0.417 e. The van der Waals surface area contributed by atoms with Crippen LogP contribution in [0.2, 0.25) is 0 Å². The Morgan fingerprint density at radius 1 is 1.33 bits per heavy atom. The zero-order chi connectivity index (χ0) is 20.4. The summed E-state index contributed by atoms with van der Waals surface area (Å²) in [6, 6.07) is 2.18. The van der Waals surface area contributed by atoms with E-state index in [0.717, 1.165) is 12.3 Å². The van der Waals surface area contributed by atoms with E-state index in [4.69, 9.17) is 0 Å². The average molecular weight is 402 g/mol. The summed E-state index contributed by atoms with van der Waals surface area (Å²) in [4.78, 5) is 16.0. The highest BCUT2D eigenvalue weighted by Crippen LogP contribution is 2.29. The summed E-state index contributed by atoms with van der Waals surface area (Å²) >= 11 is 0. The predicted octanol–water partition coefficient (Wildman–Crippen LogP) is 2.33. The molecule has 10 heteroatoms. The van der Waals surface area contributed by atoms with E-state index in [9.17, 15) is 22.2 Å². The summed E-state index contributed by atoms with van der Waals surface area (Å²) in [6.07, 6.45) is -2.05.